The van der Waals surface area contributed by atoms with E-state index in [0.717, 1.165) is 27.8 Å². The summed E-state index contributed by atoms with van der Waals surface area (Å²) in [5, 5.41) is 15.5. The quantitative estimate of drug-likeness (QED) is 0.0233. The van der Waals surface area contributed by atoms with Gasteiger partial charge in [-0.2, -0.15) is 0 Å². The first-order chi connectivity index (χ1) is 31.9. The van der Waals surface area contributed by atoms with Crippen molar-refractivity contribution in [1.82, 2.24) is 0 Å². The van der Waals surface area contributed by atoms with Crippen LogP contribution in [-0.2, 0) is 80.5 Å². The van der Waals surface area contributed by atoms with E-state index in [0.29, 0.717) is 0 Å². The molecule has 5 aromatic rings. The molecule has 1 aliphatic heterocycles. The number of rotatable bonds is 27. The molecular weight excluding hydrogens is 831 g/mol. The van der Waals surface area contributed by atoms with Crippen LogP contribution in [0.2, 0.25) is 0 Å². The normalized spacial score (nSPS) is 19.6. The van der Waals surface area contributed by atoms with Gasteiger partial charge >= 0.3 is 5.97 Å². The van der Waals surface area contributed by atoms with Crippen molar-refractivity contribution >= 4 is 11.8 Å². The third-order valence-electron chi connectivity index (χ3n) is 10.7. The number of aliphatic hydroxyl groups excluding tert-OH is 1. The summed E-state index contributed by atoms with van der Waals surface area (Å²) in [6.07, 6.45) is -7.42. The van der Waals surface area contributed by atoms with Crippen molar-refractivity contribution in [2.45, 2.75) is 102 Å². The molecule has 0 aliphatic carbocycles. The van der Waals surface area contributed by atoms with E-state index in [1.54, 1.807) is 0 Å². The minimum absolute atomic E-state index is 0.0182. The Balaban J connectivity index is 1.34. The highest BCUT2D eigenvalue weighted by Gasteiger charge is 2.50. The Morgan fingerprint density at radius 1 is 0.646 bits per heavy atom. The zero-order valence-corrected chi connectivity index (χ0v) is 36.5. The molecule has 8 atom stereocenters. The van der Waals surface area contributed by atoms with Crippen molar-refractivity contribution in [3.8, 4) is 0 Å². The number of carbonyl (C=O) groups excluding carboxylic acids is 2. The minimum Gasteiger partial charge on any atom is -0.463 e. The summed E-state index contributed by atoms with van der Waals surface area (Å²) in [7, 11) is 0. The van der Waals surface area contributed by atoms with Crippen molar-refractivity contribution < 1.29 is 52.6 Å². The van der Waals surface area contributed by atoms with Gasteiger partial charge in [0.25, 0.3) is 0 Å². The number of hydrogen-bond acceptors (Lipinski definition) is 12. The van der Waals surface area contributed by atoms with Crippen LogP contribution in [0.3, 0.4) is 0 Å². The Morgan fingerprint density at radius 2 is 1.12 bits per heavy atom. The molecule has 65 heavy (non-hydrogen) atoms. The molecule has 6 rings (SSSR count). The fourth-order valence-corrected chi connectivity index (χ4v) is 7.27. The molecule has 342 valence electrons. The largest absolute Gasteiger partial charge is 0.463 e. The van der Waals surface area contributed by atoms with Gasteiger partial charge < -0.3 is 47.8 Å². The molecule has 0 unspecified atom stereocenters. The average Bonchev–Trinajstić information content (AvgIpc) is 3.34. The smallest absolute Gasteiger partial charge is 0.306 e. The van der Waals surface area contributed by atoms with Crippen LogP contribution in [0.4, 0.5) is 0 Å². The molecule has 0 aromatic heterocycles. The van der Waals surface area contributed by atoms with Crippen molar-refractivity contribution in [1.29, 1.82) is 0 Å². The molecule has 1 aliphatic rings. The van der Waals surface area contributed by atoms with Crippen LogP contribution in [0.1, 0.15) is 47.6 Å². The highest BCUT2D eigenvalue weighted by atomic mass is 16.7. The van der Waals surface area contributed by atoms with Crippen LogP contribution in [0.5, 0.6) is 0 Å². The number of azide groups is 1. The molecule has 0 bridgehead atoms. The predicted molar refractivity (Wildman–Crippen MR) is 241 cm³/mol. The van der Waals surface area contributed by atoms with Crippen LogP contribution in [0, 0.1) is 0 Å². The van der Waals surface area contributed by atoms with E-state index in [9.17, 15) is 20.2 Å². The predicted octanol–water partition coefficient (Wildman–Crippen LogP) is 8.24. The molecule has 0 radical (unpaired) electrons. The molecule has 1 saturated heterocycles. The Labute approximate surface area is 379 Å². The van der Waals surface area contributed by atoms with Gasteiger partial charge in [-0.25, -0.2) is 0 Å². The molecule has 5 aromatic carbocycles. The molecule has 0 spiro atoms. The van der Waals surface area contributed by atoms with Crippen molar-refractivity contribution in [2.24, 2.45) is 5.11 Å². The van der Waals surface area contributed by atoms with Crippen LogP contribution < -0.4 is 0 Å². The number of hydrogen-bond donors (Lipinski definition) is 1. The van der Waals surface area contributed by atoms with E-state index < -0.39 is 61.5 Å². The van der Waals surface area contributed by atoms with Crippen LogP contribution in [0.15, 0.2) is 157 Å². The van der Waals surface area contributed by atoms with E-state index in [2.05, 4.69) is 10.0 Å². The van der Waals surface area contributed by atoms with Gasteiger partial charge in [0.1, 0.15) is 55.1 Å². The lowest BCUT2D eigenvalue weighted by Crippen LogP contribution is -2.62. The number of benzene rings is 5. The number of aliphatic hydroxyl groups is 1. The van der Waals surface area contributed by atoms with Gasteiger partial charge in [-0.1, -0.05) is 157 Å². The van der Waals surface area contributed by atoms with Crippen LogP contribution in [0.25, 0.3) is 10.4 Å². The lowest BCUT2D eigenvalue weighted by molar-refractivity contribution is -0.310. The third-order valence-corrected chi connectivity index (χ3v) is 10.7. The van der Waals surface area contributed by atoms with Gasteiger partial charge in [-0.15, -0.1) is 0 Å². The van der Waals surface area contributed by atoms with E-state index in [-0.39, 0.29) is 64.9 Å². The summed E-state index contributed by atoms with van der Waals surface area (Å²) in [6.45, 7) is 1.26. The Morgan fingerprint density at radius 3 is 1.62 bits per heavy atom. The maximum Gasteiger partial charge on any atom is 0.306 e. The zero-order chi connectivity index (χ0) is 45.5. The van der Waals surface area contributed by atoms with E-state index in [4.69, 9.17) is 37.9 Å². The van der Waals surface area contributed by atoms with E-state index >= 15 is 0 Å². The van der Waals surface area contributed by atoms with Crippen LogP contribution >= 0.6 is 0 Å². The number of nitrogens with zero attached hydrogens (tertiary/aromatic N) is 3. The first-order valence-electron chi connectivity index (χ1n) is 21.7. The maximum atomic E-state index is 12.9. The zero-order valence-electron chi connectivity index (χ0n) is 36.5. The highest BCUT2D eigenvalue weighted by Crippen LogP contribution is 2.33. The average molecular weight is 888 g/mol. The first-order valence-corrected chi connectivity index (χ1v) is 21.7. The van der Waals surface area contributed by atoms with E-state index in [1.807, 2.05) is 152 Å². The highest BCUT2D eigenvalue weighted by molar-refractivity contribution is 5.80. The minimum atomic E-state index is -1.35. The molecule has 14 nitrogen and oxygen atoms in total. The molecule has 1 fully saturated rings. The molecule has 0 amide bonds. The van der Waals surface area contributed by atoms with Crippen molar-refractivity contribution in [3.05, 3.63) is 190 Å². The number of ether oxygens (including phenoxy) is 8. The van der Waals surface area contributed by atoms with Crippen molar-refractivity contribution in [2.75, 3.05) is 19.8 Å². The van der Waals surface area contributed by atoms with Gasteiger partial charge in [0, 0.05) is 11.3 Å². The van der Waals surface area contributed by atoms with E-state index in [1.165, 1.54) is 6.92 Å². The summed E-state index contributed by atoms with van der Waals surface area (Å²) in [6, 6.07) is 46.6. The number of esters is 1. The molecule has 1 heterocycles. The first kappa shape index (κ1) is 48.7. The van der Waals surface area contributed by atoms with Gasteiger partial charge in [0.2, 0.25) is 0 Å². The van der Waals surface area contributed by atoms with Crippen LogP contribution in [-0.4, -0.2) is 85.6 Å². The monoisotopic (exact) mass is 887 g/mol. The second kappa shape index (κ2) is 26.9. The maximum absolute atomic E-state index is 12.9. The molecule has 14 heteroatoms. The van der Waals surface area contributed by atoms with Gasteiger partial charge in [-0.3, -0.25) is 4.79 Å². The second-order valence-electron chi connectivity index (χ2n) is 15.6. The van der Waals surface area contributed by atoms with Crippen molar-refractivity contribution in [3.63, 3.8) is 0 Å². The molecule has 0 saturated carbocycles. The molecule has 1 N–H and O–H groups in total. The lowest BCUT2D eigenvalue weighted by Gasteiger charge is -2.46. The molecular formula is C51H57N3O11. The standard InChI is InChI=1S/C51H57N3O11/c1-37(56)27-28-46(57)60-36-44(59-31-39-19-9-3-10-20-39)48(61-32-40-21-11-4-12-22-40)43(29-55)64-51-47(53-54-52)50(63-34-42-25-15-6-16-26-42)49(62-33-41-23-13-5-14-24-41)45(65-51)35-58-30-38-17-7-2-8-18-38/h2-26,43-45,47-51,55H,27-36H2,1H3/t43-,44+,45-,47-,48-,49-,50-,51+/m1/s1. The van der Waals surface area contributed by atoms with Gasteiger partial charge in [0.15, 0.2) is 6.29 Å². The Bertz CT molecular complexity index is 2170. The van der Waals surface area contributed by atoms with Gasteiger partial charge in [-0.05, 0) is 40.3 Å². The SMILES string of the molecule is CC(=O)CCC(=O)OC[C@H](OCc1ccccc1)[C@H](OCc1ccccc1)[C@@H](CO)O[C@H]1O[C@H](COCc2ccccc2)[C@@H](OCc2ccccc2)[C@H](OCc2ccccc2)[C@H]1N=[N+]=[N-]. The third kappa shape index (κ3) is 16.0. The summed E-state index contributed by atoms with van der Waals surface area (Å²) >= 11 is 0. The Kier molecular flexibility index (Phi) is 20.1. The summed E-state index contributed by atoms with van der Waals surface area (Å²) in [5.41, 5.74) is 14.5. The van der Waals surface area contributed by atoms with Gasteiger partial charge in [0.05, 0.1) is 52.7 Å². The Hall–Kier alpha value is -5.77. The summed E-state index contributed by atoms with van der Waals surface area (Å²) < 4.78 is 51.8. The second-order valence-corrected chi connectivity index (χ2v) is 15.6. The topological polar surface area (TPSA) is 177 Å². The number of Topliss-reactive ketones (excluding diaryl/α,β-unsaturated/α-hetero) is 1. The fourth-order valence-electron chi connectivity index (χ4n) is 7.27. The number of ketones is 1. The fraction of sp³-hybridized carbons (Fsp3) is 0.373. The summed E-state index contributed by atoms with van der Waals surface area (Å²) in [4.78, 5) is 27.9. The number of carbonyl (C=O) groups is 2. The summed E-state index contributed by atoms with van der Waals surface area (Å²) in [5.74, 6) is -0.754. The lowest BCUT2D eigenvalue weighted by atomic mass is 9.96.